The Morgan fingerprint density at radius 2 is 1.84 bits per heavy atom. The topological polar surface area (TPSA) is 0 Å². The van der Waals surface area contributed by atoms with Crippen LogP contribution in [0.1, 0.15) is 62.5 Å². The van der Waals surface area contributed by atoms with Crippen LogP contribution >= 0.6 is 0 Å². The molecule has 1 aromatic carbocycles. The van der Waals surface area contributed by atoms with E-state index in [0.717, 1.165) is 17.4 Å². The molecule has 0 heterocycles. The van der Waals surface area contributed by atoms with E-state index in [0.29, 0.717) is 0 Å². The summed E-state index contributed by atoms with van der Waals surface area (Å²) in [5, 5.41) is 0. The molecule has 0 atom stereocenters. The molecule has 19 heavy (non-hydrogen) atoms. The minimum absolute atomic E-state index is 0.739. The Labute approximate surface area is 117 Å². The number of hydrogen-bond donors (Lipinski definition) is 0. The van der Waals surface area contributed by atoms with Crippen molar-refractivity contribution in [1.29, 1.82) is 0 Å². The van der Waals surface area contributed by atoms with Crippen molar-refractivity contribution in [2.75, 3.05) is 0 Å². The van der Waals surface area contributed by atoms with Gasteiger partial charge in [-0.15, -0.1) is 6.42 Å². The normalized spacial score (nSPS) is 23.4. The maximum atomic E-state index is 5.40. The molecule has 0 N–H and O–H groups in total. The van der Waals surface area contributed by atoms with Gasteiger partial charge in [0, 0.05) is 5.56 Å². The van der Waals surface area contributed by atoms with E-state index in [9.17, 15) is 0 Å². The molecule has 0 aliphatic heterocycles. The zero-order valence-electron chi connectivity index (χ0n) is 11.9. The zero-order valence-corrected chi connectivity index (χ0v) is 11.9. The Kier molecular flexibility index (Phi) is 5.28. The second-order valence-electron chi connectivity index (χ2n) is 5.59. The summed E-state index contributed by atoms with van der Waals surface area (Å²) in [6.45, 7) is 2.24. The van der Waals surface area contributed by atoms with E-state index < -0.39 is 0 Å². The summed E-state index contributed by atoms with van der Waals surface area (Å²) < 4.78 is 0. The quantitative estimate of drug-likeness (QED) is 0.504. The van der Waals surface area contributed by atoms with Crippen molar-refractivity contribution < 1.29 is 0 Å². The molecule has 1 aromatic rings. The van der Waals surface area contributed by atoms with Crippen LogP contribution in [-0.4, -0.2) is 0 Å². The summed E-state index contributed by atoms with van der Waals surface area (Å²) in [6, 6.07) is 8.57. The highest BCUT2D eigenvalue weighted by atomic mass is 14.2. The first-order valence-electron chi connectivity index (χ1n) is 7.56. The molecule has 0 amide bonds. The first kappa shape index (κ1) is 13.9. The Balaban J connectivity index is 1.87. The first-order valence-corrected chi connectivity index (χ1v) is 7.56. The van der Waals surface area contributed by atoms with Gasteiger partial charge in [0.1, 0.15) is 0 Å². The molecule has 0 radical (unpaired) electrons. The van der Waals surface area contributed by atoms with E-state index in [4.69, 9.17) is 6.42 Å². The van der Waals surface area contributed by atoms with Crippen LogP contribution in [0.4, 0.5) is 0 Å². The fourth-order valence-corrected chi connectivity index (χ4v) is 2.95. The average Bonchev–Trinajstić information content (AvgIpc) is 2.48. The Morgan fingerprint density at radius 1 is 1.16 bits per heavy atom. The van der Waals surface area contributed by atoms with Gasteiger partial charge in [-0.2, -0.15) is 0 Å². The van der Waals surface area contributed by atoms with Crippen LogP contribution in [0.5, 0.6) is 0 Å². The van der Waals surface area contributed by atoms with Gasteiger partial charge in [0.15, 0.2) is 0 Å². The molecule has 0 spiro atoms. The van der Waals surface area contributed by atoms with Crippen molar-refractivity contribution in [1.82, 2.24) is 0 Å². The predicted octanol–water partition coefficient (Wildman–Crippen LogP) is 5.30. The SMILES string of the molecule is C#Cc1ccc(C2CCC(/C=C/CCC)CC2)cc1. The minimum Gasteiger partial charge on any atom is -0.115 e. The fourth-order valence-electron chi connectivity index (χ4n) is 2.95. The lowest BCUT2D eigenvalue weighted by Crippen LogP contribution is -2.11. The largest absolute Gasteiger partial charge is 0.115 e. The molecule has 0 bridgehead atoms. The number of terminal acetylenes is 1. The van der Waals surface area contributed by atoms with Crippen molar-refractivity contribution in [3.8, 4) is 12.3 Å². The van der Waals surface area contributed by atoms with Crippen molar-refractivity contribution in [2.45, 2.75) is 51.4 Å². The Hall–Kier alpha value is -1.48. The van der Waals surface area contributed by atoms with Crippen molar-refractivity contribution in [2.24, 2.45) is 5.92 Å². The molecule has 0 nitrogen and oxygen atoms in total. The molecular formula is C19H24. The van der Waals surface area contributed by atoms with Crippen molar-refractivity contribution >= 4 is 0 Å². The molecule has 1 aliphatic carbocycles. The number of hydrogen-bond acceptors (Lipinski definition) is 0. The molecule has 0 unspecified atom stereocenters. The summed E-state index contributed by atoms with van der Waals surface area (Å²) in [4.78, 5) is 0. The van der Waals surface area contributed by atoms with Gasteiger partial charge < -0.3 is 0 Å². The summed E-state index contributed by atoms with van der Waals surface area (Å²) in [5.74, 6) is 4.24. The summed E-state index contributed by atoms with van der Waals surface area (Å²) in [6.07, 6.45) is 18.0. The van der Waals surface area contributed by atoms with E-state index in [-0.39, 0.29) is 0 Å². The highest BCUT2D eigenvalue weighted by molar-refractivity contribution is 5.35. The lowest BCUT2D eigenvalue weighted by Gasteiger charge is -2.27. The molecule has 0 saturated heterocycles. The third-order valence-electron chi connectivity index (χ3n) is 4.18. The minimum atomic E-state index is 0.739. The maximum absolute atomic E-state index is 5.40. The Bertz CT molecular complexity index is 436. The van der Waals surface area contributed by atoms with E-state index >= 15 is 0 Å². The average molecular weight is 252 g/mol. The second kappa shape index (κ2) is 7.19. The molecule has 1 aliphatic rings. The van der Waals surface area contributed by atoms with E-state index in [2.05, 4.69) is 49.3 Å². The smallest absolute Gasteiger partial charge is 0.0242 e. The van der Waals surface area contributed by atoms with Crippen LogP contribution < -0.4 is 0 Å². The number of unbranched alkanes of at least 4 members (excludes halogenated alkanes) is 1. The molecule has 0 heteroatoms. The Morgan fingerprint density at radius 3 is 2.42 bits per heavy atom. The van der Waals surface area contributed by atoms with Gasteiger partial charge in [-0.3, -0.25) is 0 Å². The van der Waals surface area contributed by atoms with Gasteiger partial charge in [-0.1, -0.05) is 43.5 Å². The predicted molar refractivity (Wildman–Crippen MR) is 83.1 cm³/mol. The van der Waals surface area contributed by atoms with Gasteiger partial charge in [-0.05, 0) is 61.6 Å². The highest BCUT2D eigenvalue weighted by Gasteiger charge is 2.20. The van der Waals surface area contributed by atoms with Crippen LogP contribution in [0.3, 0.4) is 0 Å². The van der Waals surface area contributed by atoms with Crippen LogP contribution in [0, 0.1) is 18.3 Å². The van der Waals surface area contributed by atoms with Gasteiger partial charge in [0.2, 0.25) is 0 Å². The third-order valence-corrected chi connectivity index (χ3v) is 4.18. The summed E-state index contributed by atoms with van der Waals surface area (Å²) >= 11 is 0. The molecule has 1 saturated carbocycles. The van der Waals surface area contributed by atoms with Gasteiger partial charge >= 0.3 is 0 Å². The lowest BCUT2D eigenvalue weighted by molar-refractivity contribution is 0.375. The highest BCUT2D eigenvalue weighted by Crippen LogP contribution is 2.36. The third kappa shape index (κ3) is 4.00. The van der Waals surface area contributed by atoms with E-state index in [1.807, 2.05) is 0 Å². The van der Waals surface area contributed by atoms with Gasteiger partial charge in [-0.25, -0.2) is 0 Å². The standard InChI is InChI=1S/C19H24/c1-3-5-6-7-17-10-14-19(15-11-17)18-12-8-16(4-2)9-13-18/h2,6-9,12-13,17,19H,3,5,10-11,14-15H2,1H3/b7-6+. The zero-order chi connectivity index (χ0) is 13.5. The second-order valence-corrected chi connectivity index (χ2v) is 5.59. The number of allylic oxidation sites excluding steroid dienone is 2. The van der Waals surface area contributed by atoms with Crippen molar-refractivity contribution in [3.63, 3.8) is 0 Å². The van der Waals surface area contributed by atoms with Gasteiger partial charge in [0.25, 0.3) is 0 Å². The van der Waals surface area contributed by atoms with Crippen LogP contribution in [0.25, 0.3) is 0 Å². The molecule has 1 fully saturated rings. The molecule has 100 valence electrons. The van der Waals surface area contributed by atoms with Gasteiger partial charge in [0.05, 0.1) is 0 Å². The van der Waals surface area contributed by atoms with E-state index in [1.54, 1.807) is 0 Å². The maximum Gasteiger partial charge on any atom is 0.0242 e. The summed E-state index contributed by atoms with van der Waals surface area (Å²) in [5.41, 5.74) is 2.45. The van der Waals surface area contributed by atoms with Crippen LogP contribution in [0.15, 0.2) is 36.4 Å². The van der Waals surface area contributed by atoms with Crippen LogP contribution in [-0.2, 0) is 0 Å². The fraction of sp³-hybridized carbons (Fsp3) is 0.474. The first-order chi connectivity index (χ1) is 9.33. The lowest BCUT2D eigenvalue weighted by atomic mass is 9.78. The monoisotopic (exact) mass is 252 g/mol. The summed E-state index contributed by atoms with van der Waals surface area (Å²) in [7, 11) is 0. The van der Waals surface area contributed by atoms with Crippen molar-refractivity contribution in [3.05, 3.63) is 47.5 Å². The van der Waals surface area contributed by atoms with Crippen LogP contribution in [0.2, 0.25) is 0 Å². The number of rotatable bonds is 4. The molecule has 0 aromatic heterocycles. The molecular weight excluding hydrogens is 228 g/mol. The molecule has 2 rings (SSSR count). The number of benzene rings is 1. The van der Waals surface area contributed by atoms with E-state index in [1.165, 1.54) is 44.1 Å².